The Bertz CT molecular complexity index is 424. The van der Waals surface area contributed by atoms with Crippen LogP contribution in [0.5, 0.6) is 0 Å². The smallest absolute Gasteiger partial charge is 0.0692 e. The van der Waals surface area contributed by atoms with Crippen molar-refractivity contribution in [2.24, 2.45) is 0 Å². The molecule has 0 atom stereocenters. The van der Waals surface area contributed by atoms with Gasteiger partial charge in [0.15, 0.2) is 0 Å². The monoisotopic (exact) mass is 217 g/mol. The van der Waals surface area contributed by atoms with Gasteiger partial charge in [-0.3, -0.25) is 9.67 Å². The molecule has 5 nitrogen and oxygen atoms in total. The number of hydrogen-bond donors (Lipinski definition) is 1. The minimum Gasteiger partial charge on any atom is -0.311 e. The largest absolute Gasteiger partial charge is 0.311 e. The predicted octanol–water partition coefficient (Wildman–Crippen LogP) is 0.771. The molecular weight excluding hydrogens is 202 g/mol. The molecule has 0 aliphatic heterocycles. The Morgan fingerprint density at radius 2 is 2.31 bits per heavy atom. The molecule has 0 saturated carbocycles. The number of hydrogen-bond acceptors (Lipinski definition) is 4. The molecular formula is C11H15N5. The first-order chi connectivity index (χ1) is 7.86. The number of aryl methyl sites for hydroxylation is 1. The van der Waals surface area contributed by atoms with E-state index in [4.69, 9.17) is 0 Å². The molecule has 5 heteroatoms. The molecule has 2 rings (SSSR count). The molecule has 0 spiro atoms. The SMILES string of the molecule is Cc1ncccc1CNCCn1ccnn1. The molecule has 0 aliphatic carbocycles. The Hall–Kier alpha value is -1.75. The second kappa shape index (κ2) is 5.37. The molecule has 0 unspecified atom stereocenters. The highest BCUT2D eigenvalue weighted by Crippen LogP contribution is 2.02. The standard InChI is InChI=1S/C11H15N5/c1-10-11(3-2-4-13-10)9-12-5-7-16-8-6-14-15-16/h2-4,6,8,12H,5,7,9H2,1H3. The summed E-state index contributed by atoms with van der Waals surface area (Å²) >= 11 is 0. The van der Waals surface area contributed by atoms with Gasteiger partial charge in [0.25, 0.3) is 0 Å². The van der Waals surface area contributed by atoms with Gasteiger partial charge in [0.05, 0.1) is 12.7 Å². The molecule has 2 heterocycles. The fourth-order valence-electron chi connectivity index (χ4n) is 1.47. The van der Waals surface area contributed by atoms with Crippen molar-refractivity contribution in [1.82, 2.24) is 25.3 Å². The van der Waals surface area contributed by atoms with Crippen LogP contribution < -0.4 is 5.32 Å². The number of pyridine rings is 1. The van der Waals surface area contributed by atoms with Crippen molar-refractivity contribution >= 4 is 0 Å². The van der Waals surface area contributed by atoms with Gasteiger partial charge in [-0.05, 0) is 18.6 Å². The Balaban J connectivity index is 1.74. The zero-order chi connectivity index (χ0) is 11.2. The van der Waals surface area contributed by atoms with Crippen LogP contribution in [0.1, 0.15) is 11.3 Å². The summed E-state index contributed by atoms with van der Waals surface area (Å²) in [5.74, 6) is 0. The predicted molar refractivity (Wildman–Crippen MR) is 60.7 cm³/mol. The minimum atomic E-state index is 0.833. The number of rotatable bonds is 5. The Kier molecular flexibility index (Phi) is 3.61. The van der Waals surface area contributed by atoms with Crippen LogP contribution in [-0.4, -0.2) is 26.5 Å². The molecule has 84 valence electrons. The lowest BCUT2D eigenvalue weighted by atomic mass is 10.2. The fraction of sp³-hybridized carbons (Fsp3) is 0.364. The summed E-state index contributed by atoms with van der Waals surface area (Å²) in [7, 11) is 0. The van der Waals surface area contributed by atoms with Crippen LogP contribution >= 0.6 is 0 Å². The van der Waals surface area contributed by atoms with Gasteiger partial charge in [-0.15, -0.1) is 5.10 Å². The van der Waals surface area contributed by atoms with Crippen LogP contribution in [0.3, 0.4) is 0 Å². The normalized spacial score (nSPS) is 10.6. The van der Waals surface area contributed by atoms with Gasteiger partial charge in [0.1, 0.15) is 0 Å². The highest BCUT2D eigenvalue weighted by molar-refractivity contribution is 5.17. The van der Waals surface area contributed by atoms with Crippen LogP contribution in [0.4, 0.5) is 0 Å². The van der Waals surface area contributed by atoms with Gasteiger partial charge in [0, 0.05) is 31.2 Å². The van der Waals surface area contributed by atoms with E-state index in [0.717, 1.165) is 25.3 Å². The topological polar surface area (TPSA) is 55.6 Å². The van der Waals surface area contributed by atoms with E-state index in [2.05, 4.69) is 26.7 Å². The van der Waals surface area contributed by atoms with Gasteiger partial charge >= 0.3 is 0 Å². The maximum Gasteiger partial charge on any atom is 0.0692 e. The number of nitrogens with one attached hydrogen (secondary N) is 1. The number of aromatic nitrogens is 4. The van der Waals surface area contributed by atoms with E-state index in [1.165, 1.54) is 5.56 Å². The van der Waals surface area contributed by atoms with Crippen LogP contribution in [0, 0.1) is 6.92 Å². The average Bonchev–Trinajstić information content (AvgIpc) is 2.79. The fourth-order valence-corrected chi connectivity index (χ4v) is 1.47. The first-order valence-electron chi connectivity index (χ1n) is 5.31. The van der Waals surface area contributed by atoms with Gasteiger partial charge < -0.3 is 5.32 Å². The lowest BCUT2D eigenvalue weighted by Crippen LogP contribution is -2.20. The van der Waals surface area contributed by atoms with E-state index in [-0.39, 0.29) is 0 Å². The first kappa shape index (κ1) is 10.8. The third-order valence-corrected chi connectivity index (χ3v) is 2.42. The number of nitrogens with zero attached hydrogens (tertiary/aromatic N) is 4. The molecule has 0 amide bonds. The maximum atomic E-state index is 4.24. The van der Waals surface area contributed by atoms with Crippen molar-refractivity contribution in [1.29, 1.82) is 0 Å². The van der Waals surface area contributed by atoms with Crippen molar-refractivity contribution in [2.75, 3.05) is 6.54 Å². The van der Waals surface area contributed by atoms with E-state index in [0.29, 0.717) is 0 Å². The summed E-state index contributed by atoms with van der Waals surface area (Å²) in [6, 6.07) is 4.05. The Labute approximate surface area is 94.5 Å². The van der Waals surface area contributed by atoms with Crippen molar-refractivity contribution in [3.63, 3.8) is 0 Å². The minimum absolute atomic E-state index is 0.833. The van der Waals surface area contributed by atoms with Crippen LogP contribution in [0.15, 0.2) is 30.7 Å². The van der Waals surface area contributed by atoms with E-state index in [1.54, 1.807) is 6.20 Å². The maximum absolute atomic E-state index is 4.24. The van der Waals surface area contributed by atoms with Crippen molar-refractivity contribution in [3.8, 4) is 0 Å². The van der Waals surface area contributed by atoms with E-state index in [1.807, 2.05) is 30.1 Å². The lowest BCUT2D eigenvalue weighted by Gasteiger charge is -2.06. The summed E-state index contributed by atoms with van der Waals surface area (Å²) in [6.45, 7) is 4.57. The molecule has 0 radical (unpaired) electrons. The second-order valence-electron chi connectivity index (χ2n) is 3.59. The zero-order valence-electron chi connectivity index (χ0n) is 9.30. The van der Waals surface area contributed by atoms with Crippen LogP contribution in [0.2, 0.25) is 0 Å². The molecule has 0 fully saturated rings. The van der Waals surface area contributed by atoms with E-state index < -0.39 is 0 Å². The molecule has 1 N–H and O–H groups in total. The summed E-state index contributed by atoms with van der Waals surface area (Å²) < 4.78 is 1.81. The van der Waals surface area contributed by atoms with E-state index >= 15 is 0 Å². The summed E-state index contributed by atoms with van der Waals surface area (Å²) in [5, 5.41) is 11.0. The van der Waals surface area contributed by atoms with Crippen molar-refractivity contribution in [3.05, 3.63) is 42.0 Å². The Morgan fingerprint density at radius 3 is 3.06 bits per heavy atom. The molecule has 0 bridgehead atoms. The van der Waals surface area contributed by atoms with Gasteiger partial charge in [-0.2, -0.15) is 0 Å². The van der Waals surface area contributed by atoms with Gasteiger partial charge in [-0.1, -0.05) is 11.3 Å². The van der Waals surface area contributed by atoms with Crippen LogP contribution in [-0.2, 0) is 13.1 Å². The third kappa shape index (κ3) is 2.87. The third-order valence-electron chi connectivity index (χ3n) is 2.42. The summed E-state index contributed by atoms with van der Waals surface area (Å²) in [4.78, 5) is 4.24. The summed E-state index contributed by atoms with van der Waals surface area (Å²) in [5.41, 5.74) is 2.32. The molecule has 16 heavy (non-hydrogen) atoms. The molecule has 0 aromatic carbocycles. The summed E-state index contributed by atoms with van der Waals surface area (Å²) in [6.07, 6.45) is 5.36. The van der Waals surface area contributed by atoms with E-state index in [9.17, 15) is 0 Å². The highest BCUT2D eigenvalue weighted by atomic mass is 15.4. The Morgan fingerprint density at radius 1 is 1.38 bits per heavy atom. The molecule has 2 aromatic rings. The van der Waals surface area contributed by atoms with Gasteiger partial charge in [-0.25, -0.2) is 0 Å². The zero-order valence-corrected chi connectivity index (χ0v) is 9.30. The van der Waals surface area contributed by atoms with Crippen LogP contribution in [0.25, 0.3) is 0 Å². The first-order valence-corrected chi connectivity index (χ1v) is 5.31. The molecule has 0 aliphatic rings. The quantitative estimate of drug-likeness (QED) is 0.752. The van der Waals surface area contributed by atoms with Crippen molar-refractivity contribution < 1.29 is 0 Å². The van der Waals surface area contributed by atoms with Crippen molar-refractivity contribution in [2.45, 2.75) is 20.0 Å². The average molecular weight is 217 g/mol. The van der Waals surface area contributed by atoms with Gasteiger partial charge in [0.2, 0.25) is 0 Å². The second-order valence-corrected chi connectivity index (χ2v) is 3.59. The molecule has 2 aromatic heterocycles. The molecule has 0 saturated heterocycles. The lowest BCUT2D eigenvalue weighted by molar-refractivity contribution is 0.539. The highest BCUT2D eigenvalue weighted by Gasteiger charge is 1.97.